The van der Waals surface area contributed by atoms with E-state index < -0.39 is 0 Å². The summed E-state index contributed by atoms with van der Waals surface area (Å²) in [6.45, 7) is 6.04. The van der Waals surface area contributed by atoms with Crippen LogP contribution in [0.4, 0.5) is 0 Å². The van der Waals surface area contributed by atoms with Gasteiger partial charge in [0.15, 0.2) is 0 Å². The fraction of sp³-hybridized carbons (Fsp3) is 0.429. The largest absolute Gasteiger partial charge is 0.316 e. The summed E-state index contributed by atoms with van der Waals surface area (Å²) < 4.78 is 1.18. The monoisotopic (exact) mass is 313 g/mol. The molecule has 94 valence electrons. The van der Waals surface area contributed by atoms with Crippen molar-refractivity contribution in [3.8, 4) is 0 Å². The number of hydrogen-bond acceptors (Lipinski definition) is 2. The molecule has 1 N–H and O–H groups in total. The molecule has 0 aliphatic heterocycles. The maximum Gasteiger partial charge on any atom is 0.0311 e. The molecule has 1 aromatic rings. The van der Waals surface area contributed by atoms with Crippen LogP contribution >= 0.6 is 27.7 Å². The smallest absolute Gasteiger partial charge is 0.0311 e. The zero-order chi connectivity index (χ0) is 12.7. The van der Waals surface area contributed by atoms with Crippen molar-refractivity contribution in [2.75, 3.05) is 12.8 Å². The fourth-order valence-electron chi connectivity index (χ4n) is 1.48. The van der Waals surface area contributed by atoms with Gasteiger partial charge in [-0.15, -0.1) is 18.3 Å². The molecule has 0 bridgehead atoms. The second-order valence-corrected chi connectivity index (χ2v) is 6.14. The van der Waals surface area contributed by atoms with Gasteiger partial charge >= 0.3 is 0 Å². The van der Waals surface area contributed by atoms with Crippen LogP contribution in [0, 0.1) is 0 Å². The molecular formula is C14H20BrNS. The van der Waals surface area contributed by atoms with E-state index in [0.717, 1.165) is 18.6 Å². The minimum absolute atomic E-state index is 0.545. The van der Waals surface area contributed by atoms with Crippen LogP contribution in [0.25, 0.3) is 0 Å². The molecule has 0 aliphatic rings. The van der Waals surface area contributed by atoms with Crippen LogP contribution in [0.15, 0.2) is 45.8 Å². The highest BCUT2D eigenvalue weighted by molar-refractivity contribution is 9.10. The minimum Gasteiger partial charge on any atom is -0.316 e. The van der Waals surface area contributed by atoms with Gasteiger partial charge in [0.05, 0.1) is 0 Å². The number of halogens is 1. The Bertz CT molecular complexity index is 365. The van der Waals surface area contributed by atoms with Gasteiger partial charge in [-0.2, -0.15) is 0 Å². The van der Waals surface area contributed by atoms with Crippen LogP contribution < -0.4 is 5.32 Å². The number of allylic oxidation sites excluding steroid dienone is 1. The molecule has 1 aromatic carbocycles. The standard InChI is InChI=1S/C14H20BrNS/c1-11(2)8-9-12(16-3)10-17-14-7-5-4-6-13(14)15/h4-7,12,16H,1,8-10H2,2-3H3. The number of nitrogens with one attached hydrogen (secondary N) is 1. The molecule has 0 spiro atoms. The van der Waals surface area contributed by atoms with Gasteiger partial charge in [0.25, 0.3) is 0 Å². The normalized spacial score (nSPS) is 12.4. The molecule has 1 nitrogen and oxygen atoms in total. The average Bonchev–Trinajstić information content (AvgIpc) is 2.31. The summed E-state index contributed by atoms with van der Waals surface area (Å²) in [6.07, 6.45) is 2.26. The van der Waals surface area contributed by atoms with E-state index in [1.165, 1.54) is 14.9 Å². The molecular weight excluding hydrogens is 294 g/mol. The summed E-state index contributed by atoms with van der Waals surface area (Å²) in [6, 6.07) is 8.91. The van der Waals surface area contributed by atoms with Crippen molar-refractivity contribution >= 4 is 27.7 Å². The molecule has 0 aliphatic carbocycles. The second-order valence-electron chi connectivity index (χ2n) is 4.22. The van der Waals surface area contributed by atoms with Crippen LogP contribution in [0.1, 0.15) is 19.8 Å². The molecule has 0 amide bonds. The lowest BCUT2D eigenvalue weighted by atomic mass is 10.1. The highest BCUT2D eigenvalue weighted by Crippen LogP contribution is 2.28. The Morgan fingerprint density at radius 2 is 2.18 bits per heavy atom. The molecule has 17 heavy (non-hydrogen) atoms. The summed E-state index contributed by atoms with van der Waals surface area (Å²) in [5, 5.41) is 3.37. The van der Waals surface area contributed by atoms with E-state index in [1.807, 2.05) is 24.9 Å². The Morgan fingerprint density at radius 1 is 1.47 bits per heavy atom. The maximum absolute atomic E-state index is 3.95. The third-order valence-electron chi connectivity index (χ3n) is 2.60. The van der Waals surface area contributed by atoms with Gasteiger partial charge in [-0.05, 0) is 54.9 Å². The van der Waals surface area contributed by atoms with E-state index >= 15 is 0 Å². The lowest BCUT2D eigenvalue weighted by Crippen LogP contribution is -2.27. The third kappa shape index (κ3) is 5.75. The molecule has 1 rings (SSSR count). The molecule has 0 radical (unpaired) electrons. The second kappa shape index (κ2) is 7.96. The van der Waals surface area contributed by atoms with E-state index in [0.29, 0.717) is 6.04 Å². The minimum atomic E-state index is 0.545. The van der Waals surface area contributed by atoms with Crippen LogP contribution in [0.3, 0.4) is 0 Å². The molecule has 1 unspecified atom stereocenters. The third-order valence-corrected chi connectivity index (χ3v) is 4.79. The lowest BCUT2D eigenvalue weighted by Gasteiger charge is -2.16. The Morgan fingerprint density at radius 3 is 2.76 bits per heavy atom. The number of thioether (sulfide) groups is 1. The predicted octanol–water partition coefficient (Wildman–Crippen LogP) is 4.49. The lowest BCUT2D eigenvalue weighted by molar-refractivity contribution is 0.571. The molecule has 0 heterocycles. The van der Waals surface area contributed by atoms with Crippen molar-refractivity contribution in [1.29, 1.82) is 0 Å². The number of hydrogen-bond donors (Lipinski definition) is 1. The highest BCUT2D eigenvalue weighted by Gasteiger charge is 2.08. The molecule has 3 heteroatoms. The first-order valence-corrected chi connectivity index (χ1v) is 7.60. The van der Waals surface area contributed by atoms with E-state index in [-0.39, 0.29) is 0 Å². The van der Waals surface area contributed by atoms with E-state index in [2.05, 4.69) is 52.9 Å². The van der Waals surface area contributed by atoms with Crippen molar-refractivity contribution in [2.24, 2.45) is 0 Å². The SMILES string of the molecule is C=C(C)CCC(CSc1ccccc1Br)NC. The van der Waals surface area contributed by atoms with Crippen molar-refractivity contribution < 1.29 is 0 Å². The van der Waals surface area contributed by atoms with Gasteiger partial charge in [0.1, 0.15) is 0 Å². The quantitative estimate of drug-likeness (QED) is 0.588. The van der Waals surface area contributed by atoms with Crippen LogP contribution in [-0.2, 0) is 0 Å². The Kier molecular flexibility index (Phi) is 6.93. The number of rotatable bonds is 7. The van der Waals surface area contributed by atoms with Gasteiger partial charge in [0, 0.05) is 21.2 Å². The average molecular weight is 314 g/mol. The molecule has 0 saturated carbocycles. The Balaban J connectivity index is 2.42. The summed E-state index contributed by atoms with van der Waals surface area (Å²) >= 11 is 5.47. The maximum atomic E-state index is 3.95. The predicted molar refractivity (Wildman–Crippen MR) is 81.8 cm³/mol. The van der Waals surface area contributed by atoms with Gasteiger partial charge in [-0.25, -0.2) is 0 Å². The highest BCUT2D eigenvalue weighted by atomic mass is 79.9. The topological polar surface area (TPSA) is 12.0 Å². The zero-order valence-electron chi connectivity index (χ0n) is 10.5. The number of benzene rings is 1. The molecule has 0 aromatic heterocycles. The first-order valence-electron chi connectivity index (χ1n) is 5.82. The van der Waals surface area contributed by atoms with Crippen LogP contribution in [0.5, 0.6) is 0 Å². The first-order chi connectivity index (χ1) is 8.13. The van der Waals surface area contributed by atoms with Gasteiger partial charge < -0.3 is 5.32 Å². The van der Waals surface area contributed by atoms with Crippen molar-refractivity contribution in [3.05, 3.63) is 40.9 Å². The van der Waals surface area contributed by atoms with Gasteiger partial charge in [-0.1, -0.05) is 17.7 Å². The van der Waals surface area contributed by atoms with Crippen LogP contribution in [-0.4, -0.2) is 18.8 Å². The van der Waals surface area contributed by atoms with E-state index in [4.69, 9.17) is 0 Å². The van der Waals surface area contributed by atoms with Crippen molar-refractivity contribution in [3.63, 3.8) is 0 Å². The van der Waals surface area contributed by atoms with Crippen molar-refractivity contribution in [2.45, 2.75) is 30.7 Å². The van der Waals surface area contributed by atoms with Crippen molar-refractivity contribution in [1.82, 2.24) is 5.32 Å². The van der Waals surface area contributed by atoms with Gasteiger partial charge in [0.2, 0.25) is 0 Å². The summed E-state index contributed by atoms with van der Waals surface area (Å²) in [4.78, 5) is 1.31. The molecule has 1 atom stereocenters. The van der Waals surface area contributed by atoms with Crippen LogP contribution in [0.2, 0.25) is 0 Å². The summed E-state index contributed by atoms with van der Waals surface area (Å²) in [5.74, 6) is 1.09. The van der Waals surface area contributed by atoms with E-state index in [9.17, 15) is 0 Å². The zero-order valence-corrected chi connectivity index (χ0v) is 12.9. The Labute approximate surface area is 117 Å². The fourth-order valence-corrected chi connectivity index (χ4v) is 3.21. The van der Waals surface area contributed by atoms with Gasteiger partial charge in [-0.3, -0.25) is 0 Å². The summed E-state index contributed by atoms with van der Waals surface area (Å²) in [5.41, 5.74) is 1.26. The first kappa shape index (κ1) is 14.8. The Hall–Kier alpha value is -0.250. The summed E-state index contributed by atoms with van der Waals surface area (Å²) in [7, 11) is 2.03. The molecule has 0 saturated heterocycles. The molecule has 0 fully saturated rings. The van der Waals surface area contributed by atoms with E-state index in [1.54, 1.807) is 0 Å².